The summed E-state index contributed by atoms with van der Waals surface area (Å²) in [6.45, 7) is 4.32. The van der Waals surface area contributed by atoms with Crippen LogP contribution in [0.4, 0.5) is 0 Å². The summed E-state index contributed by atoms with van der Waals surface area (Å²) >= 11 is 0. The van der Waals surface area contributed by atoms with Gasteiger partial charge in [-0.25, -0.2) is 0 Å². The van der Waals surface area contributed by atoms with Crippen LogP contribution in [0.15, 0.2) is 36.4 Å². The Morgan fingerprint density at radius 2 is 1.19 bits per heavy atom. The number of hydrogen-bond acceptors (Lipinski definition) is 0. The largest absolute Gasteiger partial charge is 0.0587 e. The van der Waals surface area contributed by atoms with Crippen molar-refractivity contribution in [2.75, 3.05) is 0 Å². The number of fused-ring (bicyclic) bond motifs is 3. The Balaban J connectivity index is 0.000000963. The fraction of sp³-hybridized carbons (Fsp3) is 0.200. The van der Waals surface area contributed by atoms with E-state index in [1.54, 1.807) is 0 Å². The van der Waals surface area contributed by atoms with Crippen LogP contribution in [0, 0.1) is 13.8 Å². The van der Waals surface area contributed by atoms with Gasteiger partial charge in [-0.1, -0.05) is 47.5 Å². The quantitative estimate of drug-likeness (QED) is 0.525. The molecule has 78 valence electrons. The number of benzene rings is 2. The second-order valence-electron chi connectivity index (χ2n) is 4.50. The number of hydrogen-bond donors (Lipinski definition) is 0. The molecule has 1 aliphatic carbocycles. The molecule has 2 aromatic rings. The van der Waals surface area contributed by atoms with Crippen LogP contribution in [-0.2, 0) is 32.3 Å². The van der Waals surface area contributed by atoms with E-state index in [2.05, 4.69) is 50.2 Å². The van der Waals surface area contributed by atoms with Gasteiger partial charge in [-0.15, -0.1) is 0 Å². The maximum Gasteiger partial charge on any atom is 0 e. The summed E-state index contributed by atoms with van der Waals surface area (Å²) in [4.78, 5) is 0. The summed E-state index contributed by atoms with van der Waals surface area (Å²) in [5.41, 5.74) is 8.54. The van der Waals surface area contributed by atoms with E-state index in [-0.39, 0.29) is 25.8 Å². The molecule has 0 unspecified atom stereocenters. The van der Waals surface area contributed by atoms with Crippen molar-refractivity contribution in [3.05, 3.63) is 58.7 Å². The van der Waals surface area contributed by atoms with E-state index < -0.39 is 0 Å². The van der Waals surface area contributed by atoms with Gasteiger partial charge in [0.15, 0.2) is 0 Å². The van der Waals surface area contributed by atoms with Crippen LogP contribution < -0.4 is 0 Å². The Morgan fingerprint density at radius 3 is 1.62 bits per heavy atom. The fourth-order valence-electron chi connectivity index (χ4n) is 2.47. The van der Waals surface area contributed by atoms with E-state index in [4.69, 9.17) is 0 Å². The van der Waals surface area contributed by atoms with E-state index in [1.807, 2.05) is 0 Å². The number of rotatable bonds is 0. The van der Waals surface area contributed by atoms with Gasteiger partial charge in [-0.05, 0) is 42.5 Å². The van der Waals surface area contributed by atoms with Crippen molar-refractivity contribution < 1.29 is 25.8 Å². The summed E-state index contributed by atoms with van der Waals surface area (Å²) in [6, 6.07) is 13.5. The topological polar surface area (TPSA) is 0 Å². The smallest absolute Gasteiger partial charge is 0 e. The fourth-order valence-corrected chi connectivity index (χ4v) is 2.47. The Labute approximate surface area is 115 Å². The molecule has 0 spiro atoms. The van der Waals surface area contributed by atoms with Gasteiger partial charge in [0.05, 0.1) is 0 Å². The molecule has 0 N–H and O–H groups in total. The molecule has 0 radical (unpaired) electrons. The molecule has 0 bridgehead atoms. The normalized spacial score (nSPS) is 11.6. The minimum absolute atomic E-state index is 0. The van der Waals surface area contributed by atoms with Crippen LogP contribution in [0.25, 0.3) is 11.1 Å². The van der Waals surface area contributed by atoms with Crippen molar-refractivity contribution in [1.82, 2.24) is 0 Å². The van der Waals surface area contributed by atoms with Gasteiger partial charge in [0, 0.05) is 25.8 Å². The molecule has 0 nitrogen and oxygen atoms in total. The first kappa shape index (κ1) is 11.8. The molecule has 0 saturated carbocycles. The third-order valence-corrected chi connectivity index (χ3v) is 3.19. The van der Waals surface area contributed by atoms with Crippen molar-refractivity contribution in [1.29, 1.82) is 0 Å². The van der Waals surface area contributed by atoms with Crippen molar-refractivity contribution in [3.63, 3.8) is 0 Å². The van der Waals surface area contributed by atoms with E-state index in [1.165, 1.54) is 33.4 Å². The summed E-state index contributed by atoms with van der Waals surface area (Å²) in [5.74, 6) is 0. The predicted octanol–water partition coefficient (Wildman–Crippen LogP) is 3.87. The second-order valence-corrected chi connectivity index (χ2v) is 4.50. The van der Waals surface area contributed by atoms with Crippen molar-refractivity contribution in [2.24, 2.45) is 0 Å². The molecule has 0 aromatic heterocycles. The van der Waals surface area contributed by atoms with Gasteiger partial charge < -0.3 is 0 Å². The minimum Gasteiger partial charge on any atom is -0.0587 e. The van der Waals surface area contributed by atoms with E-state index >= 15 is 0 Å². The van der Waals surface area contributed by atoms with Gasteiger partial charge in [0.1, 0.15) is 0 Å². The Kier molecular flexibility index (Phi) is 3.16. The van der Waals surface area contributed by atoms with Crippen molar-refractivity contribution in [2.45, 2.75) is 20.3 Å². The van der Waals surface area contributed by atoms with Gasteiger partial charge in [-0.2, -0.15) is 0 Å². The zero-order valence-electron chi connectivity index (χ0n) is 9.67. The monoisotopic (exact) mass is 374 g/mol. The van der Waals surface area contributed by atoms with Crippen LogP contribution in [0.3, 0.4) is 0 Å². The molecular formula is C15H14Hf. The molecule has 0 amide bonds. The average molecular weight is 373 g/mol. The molecular weight excluding hydrogens is 359 g/mol. The third kappa shape index (κ3) is 1.82. The maximum absolute atomic E-state index is 2.31. The SMILES string of the molecule is Cc1ccc2c(c1)Cc1cc(C)ccc1-2.[Hf]. The molecule has 0 fully saturated rings. The van der Waals surface area contributed by atoms with E-state index in [0.717, 1.165) is 6.42 Å². The summed E-state index contributed by atoms with van der Waals surface area (Å²) in [7, 11) is 0. The third-order valence-electron chi connectivity index (χ3n) is 3.19. The molecule has 0 heterocycles. The molecule has 3 rings (SSSR count). The van der Waals surface area contributed by atoms with Gasteiger partial charge in [-0.3, -0.25) is 0 Å². The maximum atomic E-state index is 2.31. The molecule has 0 atom stereocenters. The van der Waals surface area contributed by atoms with Crippen LogP contribution in [0.2, 0.25) is 0 Å². The van der Waals surface area contributed by atoms with Crippen LogP contribution in [0.1, 0.15) is 22.3 Å². The van der Waals surface area contributed by atoms with Crippen LogP contribution in [-0.4, -0.2) is 0 Å². The Bertz CT molecular complexity index is 492. The van der Waals surface area contributed by atoms with Gasteiger partial charge in [0.25, 0.3) is 0 Å². The first-order valence-corrected chi connectivity index (χ1v) is 5.43. The first-order valence-electron chi connectivity index (χ1n) is 5.43. The molecule has 2 aromatic carbocycles. The molecule has 1 heteroatoms. The van der Waals surface area contributed by atoms with Crippen molar-refractivity contribution in [3.8, 4) is 11.1 Å². The molecule has 16 heavy (non-hydrogen) atoms. The van der Waals surface area contributed by atoms with Crippen LogP contribution in [0.5, 0.6) is 0 Å². The van der Waals surface area contributed by atoms with Gasteiger partial charge >= 0.3 is 0 Å². The van der Waals surface area contributed by atoms with Crippen LogP contribution >= 0.6 is 0 Å². The molecule has 0 saturated heterocycles. The summed E-state index contributed by atoms with van der Waals surface area (Å²) in [5, 5.41) is 0. The van der Waals surface area contributed by atoms with E-state index in [9.17, 15) is 0 Å². The second kappa shape index (κ2) is 4.29. The van der Waals surface area contributed by atoms with Gasteiger partial charge in [0.2, 0.25) is 0 Å². The minimum atomic E-state index is 0. The predicted molar refractivity (Wildman–Crippen MR) is 64.2 cm³/mol. The Hall–Kier alpha value is -0.690. The molecule has 1 aliphatic rings. The first-order chi connectivity index (χ1) is 7.24. The summed E-state index contributed by atoms with van der Waals surface area (Å²) < 4.78 is 0. The summed E-state index contributed by atoms with van der Waals surface area (Å²) in [6.07, 6.45) is 1.11. The number of aryl methyl sites for hydroxylation is 2. The van der Waals surface area contributed by atoms with Crippen molar-refractivity contribution >= 4 is 0 Å². The standard InChI is InChI=1S/C15H14.Hf/c1-10-3-5-14-12(7-10)9-13-8-11(2)4-6-15(13)14;/h3-8H,9H2,1-2H3;. The zero-order valence-corrected chi connectivity index (χ0v) is 13.3. The molecule has 0 aliphatic heterocycles. The van der Waals surface area contributed by atoms with E-state index in [0.29, 0.717) is 0 Å². The average Bonchev–Trinajstić information content (AvgIpc) is 2.53. The Morgan fingerprint density at radius 1 is 0.750 bits per heavy atom. The zero-order chi connectivity index (χ0) is 10.4.